The fourth-order valence-electron chi connectivity index (χ4n) is 1.47. The van der Waals surface area contributed by atoms with Crippen molar-refractivity contribution in [1.82, 2.24) is 5.32 Å². The number of benzene rings is 1. The molecule has 0 radical (unpaired) electrons. The highest BCUT2D eigenvalue weighted by molar-refractivity contribution is 5.76. The molecule has 96 valence electrons. The Hall–Kier alpha value is -2.02. The smallest absolute Gasteiger partial charge is 0.223 e. The first-order valence-corrected chi connectivity index (χ1v) is 5.96. The Bertz CT molecular complexity index is 461. The van der Waals surface area contributed by atoms with E-state index in [1.807, 2.05) is 26.8 Å². The van der Waals surface area contributed by atoms with Crippen LogP contribution in [0.3, 0.4) is 0 Å². The first kappa shape index (κ1) is 14.0. The van der Waals surface area contributed by atoms with E-state index >= 15 is 0 Å². The Kier molecular flexibility index (Phi) is 5.19. The Morgan fingerprint density at radius 2 is 2.22 bits per heavy atom. The summed E-state index contributed by atoms with van der Waals surface area (Å²) in [6, 6.07) is 7.47. The van der Waals surface area contributed by atoms with Crippen molar-refractivity contribution in [2.24, 2.45) is 0 Å². The van der Waals surface area contributed by atoms with Crippen molar-refractivity contribution in [3.05, 3.63) is 29.3 Å². The normalized spacial score (nSPS) is 9.94. The highest BCUT2D eigenvalue weighted by Gasteiger charge is 2.05. The summed E-state index contributed by atoms with van der Waals surface area (Å²) in [7, 11) is 0. The van der Waals surface area contributed by atoms with Crippen LogP contribution in [0.25, 0.3) is 0 Å². The van der Waals surface area contributed by atoms with Gasteiger partial charge >= 0.3 is 0 Å². The summed E-state index contributed by atoms with van der Waals surface area (Å²) in [5.41, 5.74) is 1.51. The highest BCUT2D eigenvalue weighted by atomic mass is 16.5. The molecule has 0 saturated carbocycles. The maximum absolute atomic E-state index is 11.4. The lowest BCUT2D eigenvalue weighted by Gasteiger charge is -2.11. The minimum absolute atomic E-state index is 0.0286. The molecule has 0 saturated heterocycles. The zero-order valence-electron chi connectivity index (χ0n) is 11.0. The second kappa shape index (κ2) is 6.65. The van der Waals surface area contributed by atoms with Gasteiger partial charge in [0.2, 0.25) is 5.91 Å². The Labute approximate surface area is 108 Å². The van der Waals surface area contributed by atoms with E-state index in [4.69, 9.17) is 10.00 Å². The Balaban J connectivity index is 2.49. The van der Waals surface area contributed by atoms with Gasteiger partial charge in [0.15, 0.2) is 0 Å². The van der Waals surface area contributed by atoms with E-state index < -0.39 is 0 Å². The molecule has 0 aliphatic carbocycles. The summed E-state index contributed by atoms with van der Waals surface area (Å²) in [6.07, 6.45) is 0.314. The quantitative estimate of drug-likeness (QED) is 0.866. The summed E-state index contributed by atoms with van der Waals surface area (Å²) in [4.78, 5) is 11.4. The lowest BCUT2D eigenvalue weighted by molar-refractivity contribution is -0.122. The molecule has 0 atom stereocenters. The van der Waals surface area contributed by atoms with E-state index in [2.05, 4.69) is 11.4 Å². The van der Waals surface area contributed by atoms with E-state index in [-0.39, 0.29) is 11.9 Å². The minimum Gasteiger partial charge on any atom is -0.493 e. The Morgan fingerprint density at radius 3 is 2.83 bits per heavy atom. The van der Waals surface area contributed by atoms with E-state index in [0.29, 0.717) is 24.3 Å². The van der Waals surface area contributed by atoms with Crippen molar-refractivity contribution in [2.75, 3.05) is 6.61 Å². The number of ether oxygens (including phenoxy) is 1. The lowest BCUT2D eigenvalue weighted by Crippen LogP contribution is -2.31. The van der Waals surface area contributed by atoms with Crippen molar-refractivity contribution in [3.8, 4) is 11.8 Å². The van der Waals surface area contributed by atoms with Crippen molar-refractivity contribution in [1.29, 1.82) is 5.26 Å². The molecule has 0 bridgehead atoms. The average Bonchev–Trinajstić information content (AvgIpc) is 2.30. The third-order valence-electron chi connectivity index (χ3n) is 2.35. The first-order chi connectivity index (χ1) is 8.52. The molecule has 0 heterocycles. The molecule has 0 aliphatic rings. The molecule has 1 aromatic carbocycles. The molecular weight excluding hydrogens is 228 g/mol. The maximum Gasteiger partial charge on any atom is 0.223 e. The van der Waals surface area contributed by atoms with Crippen LogP contribution < -0.4 is 10.1 Å². The molecule has 4 nitrogen and oxygen atoms in total. The molecular formula is C14H18N2O2. The summed E-state index contributed by atoms with van der Waals surface area (Å²) in [5, 5.41) is 11.6. The van der Waals surface area contributed by atoms with Gasteiger partial charge in [-0.05, 0) is 38.5 Å². The van der Waals surface area contributed by atoms with Crippen molar-refractivity contribution < 1.29 is 9.53 Å². The number of carbonyl (C=O) groups excluding carboxylic acids is 1. The van der Waals surface area contributed by atoms with Gasteiger partial charge in [0, 0.05) is 6.04 Å². The largest absolute Gasteiger partial charge is 0.493 e. The number of nitrogens with one attached hydrogen (secondary N) is 1. The molecule has 1 rings (SSSR count). The van der Waals surface area contributed by atoms with E-state index in [0.717, 1.165) is 5.56 Å². The molecule has 0 aliphatic heterocycles. The Morgan fingerprint density at radius 1 is 1.50 bits per heavy atom. The van der Waals surface area contributed by atoms with Gasteiger partial charge in [0.1, 0.15) is 5.75 Å². The third-order valence-corrected chi connectivity index (χ3v) is 2.35. The van der Waals surface area contributed by atoms with Gasteiger partial charge in [0.05, 0.1) is 24.7 Å². The van der Waals surface area contributed by atoms with Gasteiger partial charge in [-0.3, -0.25) is 4.79 Å². The van der Waals surface area contributed by atoms with Gasteiger partial charge in [-0.2, -0.15) is 5.26 Å². The van der Waals surface area contributed by atoms with Crippen LogP contribution in [0.1, 0.15) is 31.4 Å². The van der Waals surface area contributed by atoms with Crippen LogP contribution in [0.15, 0.2) is 18.2 Å². The van der Waals surface area contributed by atoms with E-state index in [9.17, 15) is 4.79 Å². The molecule has 0 fully saturated rings. The van der Waals surface area contributed by atoms with Gasteiger partial charge < -0.3 is 10.1 Å². The van der Waals surface area contributed by atoms with E-state index in [1.165, 1.54) is 0 Å². The van der Waals surface area contributed by atoms with Crippen LogP contribution in [0, 0.1) is 18.3 Å². The SMILES string of the molecule is Cc1ccc(C#N)cc1OCCC(=O)NC(C)C. The first-order valence-electron chi connectivity index (χ1n) is 5.96. The van der Waals surface area contributed by atoms with Crippen molar-refractivity contribution >= 4 is 5.91 Å². The third kappa shape index (κ3) is 4.46. The molecule has 1 amide bonds. The van der Waals surface area contributed by atoms with Gasteiger partial charge in [-0.15, -0.1) is 0 Å². The standard InChI is InChI=1S/C14H18N2O2/c1-10(2)16-14(17)6-7-18-13-8-12(9-15)5-4-11(13)3/h4-5,8,10H,6-7H2,1-3H3,(H,16,17). The summed E-state index contributed by atoms with van der Waals surface area (Å²) >= 11 is 0. The number of nitrogens with zero attached hydrogens (tertiary/aromatic N) is 1. The molecule has 4 heteroatoms. The second-order valence-electron chi connectivity index (χ2n) is 4.41. The molecule has 1 aromatic rings. The minimum atomic E-state index is -0.0286. The molecule has 0 aromatic heterocycles. The number of nitriles is 1. The maximum atomic E-state index is 11.4. The van der Waals surface area contributed by atoms with Gasteiger partial charge in [-0.25, -0.2) is 0 Å². The van der Waals surface area contributed by atoms with Crippen LogP contribution in [-0.2, 0) is 4.79 Å². The van der Waals surface area contributed by atoms with Crippen molar-refractivity contribution in [3.63, 3.8) is 0 Å². The average molecular weight is 246 g/mol. The van der Waals surface area contributed by atoms with Crippen molar-refractivity contribution in [2.45, 2.75) is 33.2 Å². The monoisotopic (exact) mass is 246 g/mol. The zero-order chi connectivity index (χ0) is 13.5. The van der Waals surface area contributed by atoms with Crippen LogP contribution in [0.2, 0.25) is 0 Å². The number of rotatable bonds is 5. The van der Waals surface area contributed by atoms with Gasteiger partial charge in [-0.1, -0.05) is 6.07 Å². The zero-order valence-corrected chi connectivity index (χ0v) is 11.0. The summed E-state index contributed by atoms with van der Waals surface area (Å²) < 4.78 is 5.52. The number of hydrogen-bond acceptors (Lipinski definition) is 3. The number of aryl methyl sites for hydroxylation is 1. The summed E-state index contributed by atoms with van der Waals surface area (Å²) in [5.74, 6) is 0.630. The predicted molar refractivity (Wildman–Crippen MR) is 69.3 cm³/mol. The fourth-order valence-corrected chi connectivity index (χ4v) is 1.47. The number of amides is 1. The topological polar surface area (TPSA) is 62.1 Å². The van der Waals surface area contributed by atoms with Crippen LogP contribution in [0.4, 0.5) is 0 Å². The molecule has 1 N–H and O–H groups in total. The number of carbonyl (C=O) groups is 1. The second-order valence-corrected chi connectivity index (χ2v) is 4.41. The number of hydrogen-bond donors (Lipinski definition) is 1. The van der Waals surface area contributed by atoms with Gasteiger partial charge in [0.25, 0.3) is 0 Å². The van der Waals surface area contributed by atoms with E-state index in [1.54, 1.807) is 12.1 Å². The van der Waals surface area contributed by atoms with Crippen LogP contribution in [0.5, 0.6) is 5.75 Å². The molecule has 18 heavy (non-hydrogen) atoms. The molecule has 0 unspecified atom stereocenters. The van der Waals surface area contributed by atoms with Crippen LogP contribution in [-0.4, -0.2) is 18.6 Å². The highest BCUT2D eigenvalue weighted by Crippen LogP contribution is 2.19. The summed E-state index contributed by atoms with van der Waals surface area (Å²) in [6.45, 7) is 6.05. The molecule has 0 spiro atoms. The predicted octanol–water partition coefficient (Wildman–Crippen LogP) is 2.16. The fraction of sp³-hybridized carbons (Fsp3) is 0.429. The van der Waals surface area contributed by atoms with Crippen LogP contribution >= 0.6 is 0 Å². The lowest BCUT2D eigenvalue weighted by atomic mass is 10.1.